The van der Waals surface area contributed by atoms with Gasteiger partial charge in [-0.25, -0.2) is 0 Å². The van der Waals surface area contributed by atoms with E-state index < -0.39 is 11.6 Å². The number of aromatic amines is 1. The predicted molar refractivity (Wildman–Crippen MR) is 51.8 cm³/mol. The summed E-state index contributed by atoms with van der Waals surface area (Å²) in [6.07, 6.45) is 2.33. The van der Waals surface area contributed by atoms with E-state index in [-0.39, 0.29) is 5.91 Å². The third kappa shape index (κ3) is 2.32. The molecule has 3 N–H and O–H groups in total. The third-order valence-corrected chi connectivity index (χ3v) is 2.24. The summed E-state index contributed by atoms with van der Waals surface area (Å²) in [7, 11) is 0. The molecule has 0 bridgehead atoms. The molecule has 0 fully saturated rings. The van der Waals surface area contributed by atoms with Crippen LogP contribution in [-0.4, -0.2) is 32.9 Å². The van der Waals surface area contributed by atoms with Crippen molar-refractivity contribution in [3.63, 3.8) is 0 Å². The number of aliphatic hydroxyl groups excluding tert-OH is 1. The third-order valence-electron chi connectivity index (χ3n) is 2.24. The van der Waals surface area contributed by atoms with E-state index in [1.165, 1.54) is 12.4 Å². The first-order chi connectivity index (χ1) is 6.43. The van der Waals surface area contributed by atoms with Gasteiger partial charge < -0.3 is 10.4 Å². The van der Waals surface area contributed by atoms with Gasteiger partial charge in [0, 0.05) is 6.20 Å². The second kappa shape index (κ2) is 3.79. The Kier molecular flexibility index (Phi) is 2.90. The Morgan fingerprint density at radius 2 is 2.36 bits per heavy atom. The van der Waals surface area contributed by atoms with E-state index in [4.69, 9.17) is 0 Å². The van der Waals surface area contributed by atoms with Crippen molar-refractivity contribution in [1.82, 2.24) is 15.5 Å². The Morgan fingerprint density at radius 3 is 2.79 bits per heavy atom. The number of hydrogen-bond acceptors (Lipinski definition) is 3. The normalized spacial score (nSPS) is 13.7. The smallest absolute Gasteiger partial charge is 0.254 e. The van der Waals surface area contributed by atoms with Gasteiger partial charge in [0.1, 0.15) is 0 Å². The van der Waals surface area contributed by atoms with Crippen LogP contribution < -0.4 is 5.32 Å². The Labute approximate surface area is 82.5 Å². The van der Waals surface area contributed by atoms with Crippen LogP contribution >= 0.6 is 0 Å². The lowest BCUT2D eigenvalue weighted by Gasteiger charge is -2.29. The predicted octanol–water partition coefficient (Wildman–Crippen LogP) is 0.299. The van der Waals surface area contributed by atoms with E-state index in [0.717, 1.165) is 0 Å². The summed E-state index contributed by atoms with van der Waals surface area (Å²) < 4.78 is 0. The summed E-state index contributed by atoms with van der Waals surface area (Å²) in [5.41, 5.74) is -0.187. The molecule has 1 heterocycles. The van der Waals surface area contributed by atoms with Crippen molar-refractivity contribution in [3.8, 4) is 0 Å². The average Bonchev–Trinajstić information content (AvgIpc) is 2.54. The van der Waals surface area contributed by atoms with Gasteiger partial charge >= 0.3 is 0 Å². The lowest BCUT2D eigenvalue weighted by molar-refractivity contribution is 0.0709. The average molecular weight is 197 g/mol. The van der Waals surface area contributed by atoms with Crippen LogP contribution in [0.15, 0.2) is 12.4 Å². The largest absolute Gasteiger partial charge is 0.391 e. The number of hydrogen-bond donors (Lipinski definition) is 3. The molecule has 0 aliphatic rings. The standard InChI is InChI=1S/C9H15N3O2/c1-6(13)9(2,3)12-8(14)7-4-10-11-5-7/h4-6,13H,1-3H3,(H,10,11)(H,12,14). The molecule has 5 heteroatoms. The molecule has 0 saturated heterocycles. The monoisotopic (exact) mass is 197 g/mol. The van der Waals surface area contributed by atoms with Crippen LogP contribution in [0.4, 0.5) is 0 Å². The van der Waals surface area contributed by atoms with Crippen molar-refractivity contribution in [2.45, 2.75) is 32.4 Å². The molecule has 0 radical (unpaired) electrons. The summed E-state index contributed by atoms with van der Waals surface area (Å²) in [6, 6.07) is 0. The molecule has 0 spiro atoms. The number of carbonyl (C=O) groups excluding carboxylic acids is 1. The van der Waals surface area contributed by atoms with E-state index in [1.807, 2.05) is 0 Å². The van der Waals surface area contributed by atoms with Gasteiger partial charge in [0.15, 0.2) is 0 Å². The van der Waals surface area contributed by atoms with Gasteiger partial charge in [-0.3, -0.25) is 9.89 Å². The second-order valence-corrected chi connectivity index (χ2v) is 3.84. The molecule has 0 aliphatic carbocycles. The molecule has 5 nitrogen and oxygen atoms in total. The minimum absolute atomic E-state index is 0.246. The zero-order valence-electron chi connectivity index (χ0n) is 8.53. The van der Waals surface area contributed by atoms with Crippen molar-refractivity contribution in [1.29, 1.82) is 0 Å². The number of rotatable bonds is 3. The highest BCUT2D eigenvalue weighted by Gasteiger charge is 2.26. The van der Waals surface area contributed by atoms with E-state index in [9.17, 15) is 9.90 Å². The first-order valence-corrected chi connectivity index (χ1v) is 4.43. The van der Waals surface area contributed by atoms with Crippen LogP contribution in [0, 0.1) is 0 Å². The SMILES string of the molecule is CC(O)C(C)(C)NC(=O)c1cn[nH]c1. The number of carbonyl (C=O) groups is 1. The fraction of sp³-hybridized carbons (Fsp3) is 0.556. The molecule has 1 aromatic heterocycles. The highest BCUT2D eigenvalue weighted by Crippen LogP contribution is 2.09. The van der Waals surface area contributed by atoms with Crippen molar-refractivity contribution < 1.29 is 9.90 Å². The fourth-order valence-electron chi connectivity index (χ4n) is 0.844. The van der Waals surface area contributed by atoms with E-state index in [1.54, 1.807) is 20.8 Å². The Hall–Kier alpha value is -1.36. The second-order valence-electron chi connectivity index (χ2n) is 3.84. The molecule has 1 rings (SSSR count). The van der Waals surface area contributed by atoms with Gasteiger partial charge in [0.2, 0.25) is 0 Å². The summed E-state index contributed by atoms with van der Waals surface area (Å²) in [6.45, 7) is 5.15. The van der Waals surface area contributed by atoms with Crippen molar-refractivity contribution in [3.05, 3.63) is 18.0 Å². The number of nitrogens with one attached hydrogen (secondary N) is 2. The lowest BCUT2D eigenvalue weighted by atomic mass is 9.98. The molecule has 78 valence electrons. The number of H-pyrrole nitrogens is 1. The van der Waals surface area contributed by atoms with Gasteiger partial charge in [-0.15, -0.1) is 0 Å². The molecule has 1 amide bonds. The maximum absolute atomic E-state index is 11.5. The van der Waals surface area contributed by atoms with Crippen molar-refractivity contribution >= 4 is 5.91 Å². The molecule has 14 heavy (non-hydrogen) atoms. The molecular formula is C9H15N3O2. The van der Waals surface area contributed by atoms with Gasteiger partial charge in [-0.2, -0.15) is 5.10 Å². The van der Waals surface area contributed by atoms with Crippen LogP contribution in [0.25, 0.3) is 0 Å². The lowest BCUT2D eigenvalue weighted by Crippen LogP contribution is -2.50. The highest BCUT2D eigenvalue weighted by atomic mass is 16.3. The quantitative estimate of drug-likeness (QED) is 0.652. The van der Waals surface area contributed by atoms with Crippen LogP contribution in [0.5, 0.6) is 0 Å². The van der Waals surface area contributed by atoms with Crippen LogP contribution in [0.3, 0.4) is 0 Å². The Bertz CT molecular complexity index is 304. The summed E-state index contributed by atoms with van der Waals surface area (Å²) in [4.78, 5) is 11.5. The maximum atomic E-state index is 11.5. The Morgan fingerprint density at radius 1 is 1.71 bits per heavy atom. The first kappa shape index (κ1) is 10.7. The van der Waals surface area contributed by atoms with E-state index >= 15 is 0 Å². The summed E-state index contributed by atoms with van der Waals surface area (Å²) in [5, 5.41) is 18.3. The van der Waals surface area contributed by atoms with Crippen molar-refractivity contribution in [2.24, 2.45) is 0 Å². The number of aromatic nitrogens is 2. The summed E-state index contributed by atoms with van der Waals surface area (Å²) >= 11 is 0. The molecule has 0 aromatic carbocycles. The first-order valence-electron chi connectivity index (χ1n) is 4.43. The maximum Gasteiger partial charge on any atom is 0.254 e. The molecular weight excluding hydrogens is 182 g/mol. The topological polar surface area (TPSA) is 78.0 Å². The zero-order valence-corrected chi connectivity index (χ0v) is 8.53. The number of aliphatic hydroxyl groups is 1. The molecule has 1 aromatic rings. The summed E-state index contributed by atoms with van der Waals surface area (Å²) in [5.74, 6) is -0.246. The zero-order chi connectivity index (χ0) is 10.8. The van der Waals surface area contributed by atoms with E-state index in [0.29, 0.717) is 5.56 Å². The van der Waals surface area contributed by atoms with Gasteiger partial charge in [0.25, 0.3) is 5.91 Å². The van der Waals surface area contributed by atoms with Gasteiger partial charge in [-0.05, 0) is 20.8 Å². The van der Waals surface area contributed by atoms with Gasteiger partial charge in [-0.1, -0.05) is 0 Å². The van der Waals surface area contributed by atoms with Gasteiger partial charge in [0.05, 0.1) is 23.4 Å². The van der Waals surface area contributed by atoms with Crippen LogP contribution in [-0.2, 0) is 0 Å². The molecule has 0 saturated carbocycles. The fourth-order valence-corrected chi connectivity index (χ4v) is 0.844. The molecule has 1 atom stereocenters. The minimum atomic E-state index is -0.644. The highest BCUT2D eigenvalue weighted by molar-refractivity contribution is 5.94. The Balaban J connectivity index is 2.66. The molecule has 0 aliphatic heterocycles. The van der Waals surface area contributed by atoms with Crippen LogP contribution in [0.2, 0.25) is 0 Å². The molecule has 1 unspecified atom stereocenters. The number of nitrogens with zero attached hydrogens (tertiary/aromatic N) is 1. The van der Waals surface area contributed by atoms with Crippen LogP contribution in [0.1, 0.15) is 31.1 Å². The van der Waals surface area contributed by atoms with Crippen molar-refractivity contribution in [2.75, 3.05) is 0 Å². The minimum Gasteiger partial charge on any atom is -0.391 e. The van der Waals surface area contributed by atoms with E-state index in [2.05, 4.69) is 15.5 Å². The number of amides is 1.